The quantitative estimate of drug-likeness (QED) is 0.240. The fourth-order valence-electron chi connectivity index (χ4n) is 6.24. The van der Waals surface area contributed by atoms with Gasteiger partial charge in [-0.15, -0.1) is 0 Å². The molecule has 0 heteroatoms. The first-order valence-corrected chi connectivity index (χ1v) is 14.4. The lowest BCUT2D eigenvalue weighted by Gasteiger charge is -2.37. The van der Waals surface area contributed by atoms with Crippen molar-refractivity contribution in [1.29, 1.82) is 0 Å². The maximum Gasteiger partial charge on any atom is 0.0245 e. The summed E-state index contributed by atoms with van der Waals surface area (Å²) in [4.78, 5) is 0. The Hall–Kier alpha value is -1.22. The molecule has 178 valence electrons. The van der Waals surface area contributed by atoms with Gasteiger partial charge < -0.3 is 0 Å². The van der Waals surface area contributed by atoms with Crippen molar-refractivity contribution in [3.8, 4) is 11.8 Å². The molecule has 2 fully saturated rings. The summed E-state index contributed by atoms with van der Waals surface area (Å²) in [6.07, 6.45) is 25.5. The Kier molecular flexibility index (Phi) is 11.8. The standard InChI is InChI=1S/C32H50/c1-3-5-7-9-11-27-13-15-29(16-14-27)17-18-30-21-25-32(26-22-30)31-23-19-28(20-24-31)12-10-8-6-4-2/h13-16,28,30-32H,3-12,19-26H2,1-2H3/t28-,30-,31-,32-. The van der Waals surface area contributed by atoms with Gasteiger partial charge in [-0.05, 0) is 86.8 Å². The first kappa shape index (κ1) is 25.4. The topological polar surface area (TPSA) is 0 Å². The van der Waals surface area contributed by atoms with Crippen molar-refractivity contribution in [2.75, 3.05) is 0 Å². The number of unbranched alkanes of at least 4 members (excludes halogenated alkanes) is 6. The van der Waals surface area contributed by atoms with Crippen LogP contribution in [0.4, 0.5) is 0 Å². The van der Waals surface area contributed by atoms with Gasteiger partial charge in [-0.2, -0.15) is 0 Å². The Morgan fingerprint density at radius 1 is 0.656 bits per heavy atom. The van der Waals surface area contributed by atoms with Crippen LogP contribution in [-0.4, -0.2) is 0 Å². The molecule has 0 N–H and O–H groups in total. The van der Waals surface area contributed by atoms with Gasteiger partial charge in [0.1, 0.15) is 0 Å². The molecule has 0 bridgehead atoms. The summed E-state index contributed by atoms with van der Waals surface area (Å²) in [5.74, 6) is 10.8. The first-order chi connectivity index (χ1) is 15.8. The molecule has 0 unspecified atom stereocenters. The molecular weight excluding hydrogens is 384 g/mol. The predicted molar refractivity (Wildman–Crippen MR) is 141 cm³/mol. The fraction of sp³-hybridized carbons (Fsp3) is 0.750. The van der Waals surface area contributed by atoms with E-state index in [0.717, 1.165) is 17.8 Å². The maximum atomic E-state index is 3.63. The molecule has 0 nitrogen and oxygen atoms in total. The third kappa shape index (κ3) is 8.96. The molecule has 32 heavy (non-hydrogen) atoms. The normalized spacial score (nSPS) is 25.8. The minimum atomic E-state index is 0.634. The molecular formula is C32H50. The van der Waals surface area contributed by atoms with E-state index >= 15 is 0 Å². The molecule has 2 aliphatic carbocycles. The zero-order valence-corrected chi connectivity index (χ0v) is 21.3. The van der Waals surface area contributed by atoms with Crippen molar-refractivity contribution in [3.05, 3.63) is 35.4 Å². The van der Waals surface area contributed by atoms with Gasteiger partial charge in [0.05, 0.1) is 0 Å². The van der Waals surface area contributed by atoms with E-state index in [1.165, 1.54) is 127 Å². The van der Waals surface area contributed by atoms with Gasteiger partial charge in [-0.3, -0.25) is 0 Å². The van der Waals surface area contributed by atoms with Crippen molar-refractivity contribution in [1.82, 2.24) is 0 Å². The monoisotopic (exact) mass is 434 g/mol. The Bertz CT molecular complexity index is 656. The lowest BCUT2D eigenvalue weighted by Crippen LogP contribution is -2.25. The van der Waals surface area contributed by atoms with Crippen LogP contribution in [0.5, 0.6) is 0 Å². The number of rotatable bonds is 11. The fourth-order valence-corrected chi connectivity index (χ4v) is 6.24. The lowest BCUT2D eigenvalue weighted by atomic mass is 9.69. The summed E-state index contributed by atoms with van der Waals surface area (Å²) in [5.41, 5.74) is 2.68. The number of benzene rings is 1. The molecule has 0 aromatic heterocycles. The van der Waals surface area contributed by atoms with Crippen molar-refractivity contribution >= 4 is 0 Å². The second kappa shape index (κ2) is 14.8. The van der Waals surface area contributed by atoms with E-state index in [1.807, 2.05) is 0 Å². The summed E-state index contributed by atoms with van der Waals surface area (Å²) in [6.45, 7) is 4.60. The maximum absolute atomic E-state index is 3.63. The minimum absolute atomic E-state index is 0.634. The van der Waals surface area contributed by atoms with E-state index in [-0.39, 0.29) is 0 Å². The van der Waals surface area contributed by atoms with Crippen LogP contribution in [0.15, 0.2) is 24.3 Å². The van der Waals surface area contributed by atoms with Crippen molar-refractivity contribution in [3.63, 3.8) is 0 Å². The Morgan fingerprint density at radius 2 is 1.25 bits per heavy atom. The molecule has 0 heterocycles. The van der Waals surface area contributed by atoms with Crippen LogP contribution < -0.4 is 0 Å². The molecule has 1 aromatic rings. The van der Waals surface area contributed by atoms with Crippen LogP contribution >= 0.6 is 0 Å². The SMILES string of the molecule is CCCCCCc1ccc(C#C[C@H]2CC[C@H]([C@H]3CC[C@H](CCCCCC)CC3)CC2)cc1. The summed E-state index contributed by atoms with van der Waals surface area (Å²) in [5, 5.41) is 0. The van der Waals surface area contributed by atoms with Crippen LogP contribution in [-0.2, 0) is 6.42 Å². The van der Waals surface area contributed by atoms with E-state index in [2.05, 4.69) is 50.0 Å². The molecule has 0 saturated heterocycles. The van der Waals surface area contributed by atoms with Crippen LogP contribution in [0.25, 0.3) is 0 Å². The highest BCUT2D eigenvalue weighted by molar-refractivity contribution is 5.36. The minimum Gasteiger partial charge on any atom is -0.0945 e. The second-order valence-corrected chi connectivity index (χ2v) is 11.0. The Morgan fingerprint density at radius 3 is 1.88 bits per heavy atom. The van der Waals surface area contributed by atoms with E-state index in [9.17, 15) is 0 Å². The second-order valence-electron chi connectivity index (χ2n) is 11.0. The van der Waals surface area contributed by atoms with E-state index in [0.29, 0.717) is 5.92 Å². The van der Waals surface area contributed by atoms with Gasteiger partial charge in [0.25, 0.3) is 0 Å². The van der Waals surface area contributed by atoms with Gasteiger partial charge in [-0.25, -0.2) is 0 Å². The molecule has 0 atom stereocenters. The van der Waals surface area contributed by atoms with E-state index in [4.69, 9.17) is 0 Å². The number of hydrogen-bond donors (Lipinski definition) is 0. The Balaban J connectivity index is 1.33. The lowest BCUT2D eigenvalue weighted by molar-refractivity contribution is 0.153. The van der Waals surface area contributed by atoms with Gasteiger partial charge in [0, 0.05) is 11.5 Å². The van der Waals surface area contributed by atoms with Crippen LogP contribution in [0.3, 0.4) is 0 Å². The van der Waals surface area contributed by atoms with Crippen LogP contribution in [0.2, 0.25) is 0 Å². The highest BCUT2D eigenvalue weighted by Crippen LogP contribution is 2.42. The zero-order chi connectivity index (χ0) is 22.4. The third-order valence-corrected chi connectivity index (χ3v) is 8.49. The average molecular weight is 435 g/mol. The third-order valence-electron chi connectivity index (χ3n) is 8.49. The Labute approximate surface area is 200 Å². The van der Waals surface area contributed by atoms with Crippen molar-refractivity contribution in [2.45, 2.75) is 129 Å². The average Bonchev–Trinajstić information content (AvgIpc) is 2.85. The molecule has 1 aromatic carbocycles. The summed E-state index contributed by atoms with van der Waals surface area (Å²) in [7, 11) is 0. The largest absolute Gasteiger partial charge is 0.0945 e. The molecule has 2 saturated carbocycles. The van der Waals surface area contributed by atoms with Gasteiger partial charge in [0.15, 0.2) is 0 Å². The van der Waals surface area contributed by atoms with E-state index in [1.54, 1.807) is 0 Å². The smallest absolute Gasteiger partial charge is 0.0245 e. The van der Waals surface area contributed by atoms with Crippen molar-refractivity contribution < 1.29 is 0 Å². The number of hydrogen-bond acceptors (Lipinski definition) is 0. The van der Waals surface area contributed by atoms with E-state index < -0.39 is 0 Å². The molecule has 3 rings (SSSR count). The summed E-state index contributed by atoms with van der Waals surface area (Å²) in [6, 6.07) is 9.09. The highest BCUT2D eigenvalue weighted by Gasteiger charge is 2.30. The van der Waals surface area contributed by atoms with Crippen LogP contribution in [0, 0.1) is 35.5 Å². The molecule has 0 amide bonds. The first-order valence-electron chi connectivity index (χ1n) is 14.4. The predicted octanol–water partition coefficient (Wildman–Crippen LogP) is 9.74. The number of aryl methyl sites for hydroxylation is 1. The van der Waals surface area contributed by atoms with Gasteiger partial charge >= 0.3 is 0 Å². The zero-order valence-electron chi connectivity index (χ0n) is 21.3. The highest BCUT2D eigenvalue weighted by atomic mass is 14.4. The van der Waals surface area contributed by atoms with Crippen LogP contribution in [0.1, 0.15) is 134 Å². The van der Waals surface area contributed by atoms with Gasteiger partial charge in [0.2, 0.25) is 0 Å². The summed E-state index contributed by atoms with van der Waals surface area (Å²) >= 11 is 0. The molecule has 2 aliphatic rings. The van der Waals surface area contributed by atoms with Crippen molar-refractivity contribution in [2.24, 2.45) is 23.7 Å². The molecule has 0 radical (unpaired) electrons. The summed E-state index contributed by atoms with van der Waals surface area (Å²) < 4.78 is 0. The molecule has 0 spiro atoms. The molecule has 0 aliphatic heterocycles. The van der Waals surface area contributed by atoms with Gasteiger partial charge in [-0.1, -0.05) is 102 Å².